The monoisotopic (exact) mass is 249 g/mol. The summed E-state index contributed by atoms with van der Waals surface area (Å²) in [6.07, 6.45) is 2.85. The average Bonchev–Trinajstić information content (AvgIpc) is 2.90. The maximum Gasteiger partial charge on any atom is 0.113 e. The molecule has 0 aliphatic carbocycles. The van der Waals surface area contributed by atoms with Gasteiger partial charge in [-0.3, -0.25) is 0 Å². The van der Waals surface area contributed by atoms with Gasteiger partial charge < -0.3 is 0 Å². The van der Waals surface area contributed by atoms with Crippen molar-refractivity contribution in [3.8, 4) is 5.69 Å². The third kappa shape index (κ3) is 2.03. The molecule has 3 nitrogen and oxygen atoms in total. The molecule has 2 aromatic carbocycles. The van der Waals surface area contributed by atoms with Gasteiger partial charge in [0.05, 0.1) is 11.2 Å². The minimum absolute atomic E-state index is 0.907. The van der Waals surface area contributed by atoms with Crippen LogP contribution < -0.4 is 0 Å². The molecule has 1 heterocycles. The molecule has 0 saturated heterocycles. The van der Waals surface area contributed by atoms with Crippen molar-refractivity contribution in [1.82, 2.24) is 15.0 Å². The van der Waals surface area contributed by atoms with E-state index >= 15 is 0 Å². The quantitative estimate of drug-likeness (QED) is 0.709. The van der Waals surface area contributed by atoms with E-state index in [1.54, 1.807) is 0 Å². The summed E-state index contributed by atoms with van der Waals surface area (Å²) >= 11 is 0. The van der Waals surface area contributed by atoms with Crippen LogP contribution in [-0.2, 0) is 6.42 Å². The zero-order valence-corrected chi connectivity index (χ0v) is 10.9. The molecule has 0 unspecified atom stereocenters. The zero-order valence-electron chi connectivity index (χ0n) is 10.9. The molecular weight excluding hydrogens is 234 g/mol. The van der Waals surface area contributed by atoms with Crippen LogP contribution in [-0.4, -0.2) is 15.0 Å². The minimum Gasteiger partial charge on any atom is -0.213 e. The molecule has 0 spiro atoms. The van der Waals surface area contributed by atoms with Crippen LogP contribution in [0.5, 0.6) is 0 Å². The average molecular weight is 249 g/mol. The third-order valence-electron chi connectivity index (χ3n) is 3.24. The first-order valence-corrected chi connectivity index (χ1v) is 6.39. The molecule has 0 fully saturated rings. The molecule has 3 aromatic rings. The molecule has 0 N–H and O–H groups in total. The summed E-state index contributed by atoms with van der Waals surface area (Å²) in [4.78, 5) is 0. The van der Waals surface area contributed by atoms with Gasteiger partial charge in [-0.05, 0) is 41.8 Å². The summed E-state index contributed by atoms with van der Waals surface area (Å²) in [6, 6.07) is 14.3. The molecule has 0 amide bonds. The van der Waals surface area contributed by atoms with E-state index in [9.17, 15) is 0 Å². The van der Waals surface area contributed by atoms with Crippen LogP contribution in [0, 0.1) is 0 Å². The van der Waals surface area contributed by atoms with Gasteiger partial charge in [0.2, 0.25) is 0 Å². The molecule has 0 atom stereocenters. The molecule has 0 bridgehead atoms. The molecule has 3 rings (SSSR count). The molecule has 0 radical (unpaired) electrons. The Labute approximate surface area is 112 Å². The van der Waals surface area contributed by atoms with Crippen molar-refractivity contribution in [2.45, 2.75) is 13.3 Å². The van der Waals surface area contributed by atoms with Crippen LogP contribution in [0.3, 0.4) is 0 Å². The first-order chi connectivity index (χ1) is 9.31. The lowest BCUT2D eigenvalue weighted by Crippen LogP contribution is -1.98. The van der Waals surface area contributed by atoms with E-state index in [2.05, 4.69) is 42.0 Å². The number of aryl methyl sites for hydroxylation is 1. The number of nitrogens with zero attached hydrogens (tertiary/aromatic N) is 3. The fourth-order valence-electron chi connectivity index (χ4n) is 2.20. The smallest absolute Gasteiger partial charge is 0.113 e. The van der Waals surface area contributed by atoms with Crippen LogP contribution >= 0.6 is 0 Å². The summed E-state index contributed by atoms with van der Waals surface area (Å²) in [5, 5.41) is 8.44. The van der Waals surface area contributed by atoms with Gasteiger partial charge in [0.1, 0.15) is 5.52 Å². The zero-order chi connectivity index (χ0) is 13.2. The Kier molecular flexibility index (Phi) is 2.88. The molecule has 19 heavy (non-hydrogen) atoms. The SMILES string of the molecule is C=Cc1cc(CC)cc(-n2nnc3ccccc32)c1. The summed E-state index contributed by atoms with van der Waals surface area (Å²) in [5.41, 5.74) is 5.33. The normalized spacial score (nSPS) is 10.8. The Morgan fingerprint density at radius 3 is 2.84 bits per heavy atom. The molecule has 0 aliphatic heterocycles. The highest BCUT2D eigenvalue weighted by atomic mass is 15.4. The Hall–Kier alpha value is -2.42. The van der Waals surface area contributed by atoms with Crippen molar-refractivity contribution in [2.24, 2.45) is 0 Å². The first-order valence-electron chi connectivity index (χ1n) is 6.39. The highest BCUT2D eigenvalue weighted by molar-refractivity contribution is 5.76. The van der Waals surface area contributed by atoms with E-state index in [1.807, 2.05) is 35.0 Å². The lowest BCUT2D eigenvalue weighted by molar-refractivity contribution is 0.822. The summed E-state index contributed by atoms with van der Waals surface area (Å²) in [5.74, 6) is 0. The second-order valence-corrected chi connectivity index (χ2v) is 4.48. The van der Waals surface area contributed by atoms with Gasteiger partial charge in [-0.25, -0.2) is 4.68 Å². The van der Waals surface area contributed by atoms with E-state index in [-0.39, 0.29) is 0 Å². The fraction of sp³-hybridized carbons (Fsp3) is 0.125. The number of benzene rings is 2. The molecule has 0 aliphatic rings. The highest BCUT2D eigenvalue weighted by Crippen LogP contribution is 2.19. The van der Waals surface area contributed by atoms with Crippen molar-refractivity contribution in [1.29, 1.82) is 0 Å². The lowest BCUT2D eigenvalue weighted by Gasteiger charge is -2.07. The Bertz CT molecular complexity index is 741. The van der Waals surface area contributed by atoms with Crippen molar-refractivity contribution < 1.29 is 0 Å². The Morgan fingerprint density at radius 1 is 1.21 bits per heavy atom. The maximum absolute atomic E-state index is 4.25. The van der Waals surface area contributed by atoms with Crippen LogP contribution in [0.25, 0.3) is 22.8 Å². The van der Waals surface area contributed by atoms with Crippen molar-refractivity contribution >= 4 is 17.1 Å². The van der Waals surface area contributed by atoms with E-state index in [0.29, 0.717) is 0 Å². The minimum atomic E-state index is 0.907. The van der Waals surface area contributed by atoms with Gasteiger partial charge in [0, 0.05) is 0 Å². The van der Waals surface area contributed by atoms with E-state index in [4.69, 9.17) is 0 Å². The molecule has 94 valence electrons. The van der Waals surface area contributed by atoms with Crippen molar-refractivity contribution in [3.63, 3.8) is 0 Å². The Balaban J connectivity index is 2.23. The Morgan fingerprint density at radius 2 is 2.05 bits per heavy atom. The topological polar surface area (TPSA) is 30.7 Å². The summed E-state index contributed by atoms with van der Waals surface area (Å²) in [7, 11) is 0. The van der Waals surface area contributed by atoms with Gasteiger partial charge in [-0.15, -0.1) is 5.10 Å². The predicted molar refractivity (Wildman–Crippen MR) is 78.3 cm³/mol. The third-order valence-corrected chi connectivity index (χ3v) is 3.24. The number of rotatable bonds is 3. The van der Waals surface area contributed by atoms with E-state index < -0.39 is 0 Å². The van der Waals surface area contributed by atoms with Gasteiger partial charge in [-0.2, -0.15) is 0 Å². The van der Waals surface area contributed by atoms with Gasteiger partial charge in [0.25, 0.3) is 0 Å². The number of hydrogen-bond acceptors (Lipinski definition) is 2. The number of aromatic nitrogens is 3. The van der Waals surface area contributed by atoms with Crippen LogP contribution in [0.4, 0.5) is 0 Å². The van der Waals surface area contributed by atoms with Gasteiger partial charge in [0.15, 0.2) is 0 Å². The molecule has 1 aromatic heterocycles. The van der Waals surface area contributed by atoms with Gasteiger partial charge in [-0.1, -0.05) is 43.0 Å². The molecule has 3 heteroatoms. The van der Waals surface area contributed by atoms with Crippen LogP contribution in [0.15, 0.2) is 49.0 Å². The highest BCUT2D eigenvalue weighted by Gasteiger charge is 2.07. The van der Waals surface area contributed by atoms with Gasteiger partial charge >= 0.3 is 0 Å². The maximum atomic E-state index is 4.25. The number of para-hydroxylation sites is 1. The second-order valence-electron chi connectivity index (χ2n) is 4.48. The van der Waals surface area contributed by atoms with Crippen molar-refractivity contribution in [2.75, 3.05) is 0 Å². The van der Waals surface area contributed by atoms with Crippen LogP contribution in [0.1, 0.15) is 18.1 Å². The standard InChI is InChI=1S/C16H15N3/c1-3-12-9-13(4-2)11-14(10-12)19-16-8-6-5-7-15(16)17-18-19/h3,5-11H,1,4H2,2H3. The fourth-order valence-corrected chi connectivity index (χ4v) is 2.20. The summed E-state index contributed by atoms with van der Waals surface area (Å²) < 4.78 is 1.88. The molecule has 0 saturated carbocycles. The number of fused-ring (bicyclic) bond motifs is 1. The van der Waals surface area contributed by atoms with E-state index in [0.717, 1.165) is 28.7 Å². The van der Waals surface area contributed by atoms with Crippen molar-refractivity contribution in [3.05, 3.63) is 60.2 Å². The first kappa shape index (κ1) is 11.7. The number of hydrogen-bond donors (Lipinski definition) is 0. The second kappa shape index (κ2) is 4.69. The van der Waals surface area contributed by atoms with E-state index in [1.165, 1.54) is 5.56 Å². The lowest BCUT2D eigenvalue weighted by atomic mass is 10.1. The summed E-state index contributed by atoms with van der Waals surface area (Å²) in [6.45, 7) is 5.99. The predicted octanol–water partition coefficient (Wildman–Crippen LogP) is 3.63. The largest absolute Gasteiger partial charge is 0.213 e. The molecular formula is C16H15N3. The van der Waals surface area contributed by atoms with Crippen LogP contribution in [0.2, 0.25) is 0 Å².